The summed E-state index contributed by atoms with van der Waals surface area (Å²) < 4.78 is 23.6. The predicted octanol–water partition coefficient (Wildman–Crippen LogP) is 10.1. The zero-order valence-corrected chi connectivity index (χ0v) is 29.5. The van der Waals surface area contributed by atoms with Gasteiger partial charge in [0.15, 0.2) is 0 Å². The van der Waals surface area contributed by atoms with Crippen LogP contribution in [0.2, 0.25) is 0 Å². The molecule has 0 aromatic heterocycles. The Bertz CT molecular complexity index is 2000. The minimum absolute atomic E-state index is 0.254. The zero-order chi connectivity index (χ0) is 36.0. The van der Waals surface area contributed by atoms with Crippen LogP contribution in [-0.2, 0) is 14.9 Å². The first-order valence-corrected chi connectivity index (χ1v) is 17.5. The number of terminal acetylenes is 2. The van der Waals surface area contributed by atoms with E-state index in [4.69, 9.17) is 31.8 Å². The molecule has 6 rings (SSSR count). The Hall–Kier alpha value is -6.04. The molecule has 6 aromatic rings. The fraction of sp³-hybridized carbons (Fsp3) is 0.167. The maximum Gasteiger partial charge on any atom is 0.127 e. The van der Waals surface area contributed by atoms with Crippen molar-refractivity contribution < 1.29 is 18.9 Å². The van der Waals surface area contributed by atoms with Crippen LogP contribution in [0.4, 0.5) is 0 Å². The molecule has 52 heavy (non-hydrogen) atoms. The van der Waals surface area contributed by atoms with Crippen molar-refractivity contribution in [1.29, 1.82) is 0 Å². The molecular formula is C48H42O4. The molecule has 0 saturated heterocycles. The number of hydrogen-bond donors (Lipinski definition) is 0. The molecule has 0 N–H and O–H groups in total. The zero-order valence-electron chi connectivity index (χ0n) is 29.5. The molecule has 0 radical (unpaired) electrons. The van der Waals surface area contributed by atoms with Crippen LogP contribution < -0.4 is 9.47 Å². The van der Waals surface area contributed by atoms with Gasteiger partial charge in [0.25, 0.3) is 0 Å². The van der Waals surface area contributed by atoms with E-state index in [1.807, 2.05) is 42.5 Å². The van der Waals surface area contributed by atoms with Crippen LogP contribution in [0.25, 0.3) is 33.4 Å². The smallest absolute Gasteiger partial charge is 0.127 e. The lowest BCUT2D eigenvalue weighted by Gasteiger charge is -2.33. The Morgan fingerprint density at radius 1 is 0.442 bits per heavy atom. The molecule has 0 bridgehead atoms. The second kappa shape index (κ2) is 17.8. The SMILES string of the molecule is C#CCOCCOc1ccc(C(C)(c2ccc(-c3ccccc3)cc2)c2ccc(OCCOCC#C)c(-c3ccccc3)c2)cc1-c1ccccc1. The maximum absolute atomic E-state index is 6.31. The molecule has 258 valence electrons. The number of ether oxygens (including phenoxy) is 4. The van der Waals surface area contributed by atoms with Crippen LogP contribution in [0.1, 0.15) is 23.6 Å². The van der Waals surface area contributed by atoms with Crippen molar-refractivity contribution in [2.24, 2.45) is 0 Å². The van der Waals surface area contributed by atoms with Crippen molar-refractivity contribution in [1.82, 2.24) is 0 Å². The number of hydrogen-bond acceptors (Lipinski definition) is 4. The van der Waals surface area contributed by atoms with E-state index in [2.05, 4.69) is 128 Å². The molecule has 0 heterocycles. The summed E-state index contributed by atoms with van der Waals surface area (Å²) in [6, 6.07) is 53.0. The molecule has 0 unspecified atom stereocenters. The summed E-state index contributed by atoms with van der Waals surface area (Å²) in [5.41, 5.74) is 9.26. The highest BCUT2D eigenvalue weighted by Crippen LogP contribution is 2.45. The summed E-state index contributed by atoms with van der Waals surface area (Å²) in [6.45, 7) is 4.37. The molecule has 4 heteroatoms. The minimum Gasteiger partial charge on any atom is -0.491 e. The van der Waals surface area contributed by atoms with Gasteiger partial charge in [-0.3, -0.25) is 0 Å². The van der Waals surface area contributed by atoms with Crippen molar-refractivity contribution in [2.45, 2.75) is 12.3 Å². The van der Waals surface area contributed by atoms with Crippen LogP contribution in [0, 0.1) is 24.7 Å². The van der Waals surface area contributed by atoms with E-state index in [0.717, 1.165) is 56.0 Å². The average Bonchev–Trinajstić information content (AvgIpc) is 3.21. The van der Waals surface area contributed by atoms with Crippen molar-refractivity contribution in [3.8, 4) is 69.6 Å². The van der Waals surface area contributed by atoms with Gasteiger partial charge in [-0.25, -0.2) is 0 Å². The quantitative estimate of drug-likeness (QED) is 0.0579. The summed E-state index contributed by atoms with van der Waals surface area (Å²) in [4.78, 5) is 0. The van der Waals surface area contributed by atoms with Crippen LogP contribution in [-0.4, -0.2) is 39.6 Å². The first kappa shape index (κ1) is 35.8. The summed E-state index contributed by atoms with van der Waals surface area (Å²) in [5.74, 6) is 6.58. The molecule has 0 aliphatic heterocycles. The highest BCUT2D eigenvalue weighted by Gasteiger charge is 2.33. The average molecular weight is 683 g/mol. The molecule has 0 atom stereocenters. The predicted molar refractivity (Wildman–Crippen MR) is 211 cm³/mol. The van der Waals surface area contributed by atoms with E-state index < -0.39 is 5.41 Å². The monoisotopic (exact) mass is 682 g/mol. The van der Waals surface area contributed by atoms with Crippen LogP contribution in [0.3, 0.4) is 0 Å². The van der Waals surface area contributed by atoms with Crippen molar-refractivity contribution >= 4 is 0 Å². The lowest BCUT2D eigenvalue weighted by molar-refractivity contribution is 0.124. The molecule has 0 spiro atoms. The molecule has 0 saturated carbocycles. The largest absolute Gasteiger partial charge is 0.491 e. The van der Waals surface area contributed by atoms with E-state index in [1.54, 1.807) is 0 Å². The van der Waals surface area contributed by atoms with Gasteiger partial charge in [-0.1, -0.05) is 139 Å². The molecule has 0 aliphatic carbocycles. The maximum atomic E-state index is 6.31. The molecule has 4 nitrogen and oxygen atoms in total. The van der Waals surface area contributed by atoms with Gasteiger partial charge in [0, 0.05) is 16.5 Å². The minimum atomic E-state index is -0.578. The molecule has 0 aliphatic rings. The Morgan fingerprint density at radius 3 is 1.25 bits per heavy atom. The van der Waals surface area contributed by atoms with Crippen LogP contribution >= 0.6 is 0 Å². The van der Waals surface area contributed by atoms with Gasteiger partial charge >= 0.3 is 0 Å². The van der Waals surface area contributed by atoms with Gasteiger partial charge in [-0.05, 0) is 70.1 Å². The van der Waals surface area contributed by atoms with E-state index in [1.165, 1.54) is 5.56 Å². The lowest BCUT2D eigenvalue weighted by Crippen LogP contribution is -2.26. The third-order valence-corrected chi connectivity index (χ3v) is 9.19. The van der Waals surface area contributed by atoms with Crippen molar-refractivity contribution in [3.05, 3.63) is 168 Å². The molecule has 6 aromatic carbocycles. The van der Waals surface area contributed by atoms with Crippen LogP contribution in [0.15, 0.2) is 152 Å². The topological polar surface area (TPSA) is 36.9 Å². The fourth-order valence-corrected chi connectivity index (χ4v) is 6.43. The summed E-state index contributed by atoms with van der Waals surface area (Å²) in [5, 5.41) is 0. The van der Waals surface area contributed by atoms with Gasteiger partial charge in [-0.2, -0.15) is 0 Å². The van der Waals surface area contributed by atoms with Crippen molar-refractivity contribution in [2.75, 3.05) is 39.6 Å². The molecule has 0 fully saturated rings. The van der Waals surface area contributed by atoms with Crippen molar-refractivity contribution in [3.63, 3.8) is 0 Å². The second-order valence-corrected chi connectivity index (χ2v) is 12.4. The van der Waals surface area contributed by atoms with Crippen LogP contribution in [0.5, 0.6) is 11.5 Å². The third kappa shape index (κ3) is 8.45. The van der Waals surface area contributed by atoms with Gasteiger partial charge in [0.05, 0.1) is 13.2 Å². The number of rotatable bonds is 16. The highest BCUT2D eigenvalue weighted by atomic mass is 16.5. The summed E-state index contributed by atoms with van der Waals surface area (Å²) in [6.07, 6.45) is 10.7. The van der Waals surface area contributed by atoms with Gasteiger partial charge in [0.2, 0.25) is 0 Å². The summed E-state index contributed by atoms with van der Waals surface area (Å²) >= 11 is 0. The Balaban J connectivity index is 1.48. The van der Waals surface area contributed by atoms with E-state index in [9.17, 15) is 0 Å². The number of benzene rings is 6. The highest BCUT2D eigenvalue weighted by molar-refractivity contribution is 5.75. The van der Waals surface area contributed by atoms with E-state index >= 15 is 0 Å². The fourth-order valence-electron chi connectivity index (χ4n) is 6.43. The Morgan fingerprint density at radius 2 is 0.827 bits per heavy atom. The Kier molecular flexibility index (Phi) is 12.2. The third-order valence-electron chi connectivity index (χ3n) is 9.19. The first-order chi connectivity index (χ1) is 25.6. The van der Waals surface area contributed by atoms with E-state index in [-0.39, 0.29) is 13.2 Å². The van der Waals surface area contributed by atoms with E-state index in [0.29, 0.717) is 26.4 Å². The lowest BCUT2D eigenvalue weighted by atomic mass is 9.70. The molecule has 0 amide bonds. The van der Waals surface area contributed by atoms with Gasteiger partial charge in [0.1, 0.15) is 37.9 Å². The summed E-state index contributed by atoms with van der Waals surface area (Å²) in [7, 11) is 0. The van der Waals surface area contributed by atoms with Gasteiger partial charge < -0.3 is 18.9 Å². The Labute approximate surface area is 308 Å². The standard InChI is InChI=1S/C48H42O4/c1-4-29-49-31-33-51-46-27-25-42(35-44(46)39-17-11-7-12-18-39)48(3,41-23-21-38(22-24-41)37-15-9-6-10-16-37)43-26-28-47(52-34-32-50-30-5-2)45(36-43)40-19-13-8-14-20-40/h1-2,6-28,35-36H,29-34H2,3H3. The normalized spacial score (nSPS) is 11.0. The first-order valence-electron chi connectivity index (χ1n) is 17.5. The second-order valence-electron chi connectivity index (χ2n) is 12.4. The molecular weight excluding hydrogens is 641 g/mol. The van der Waals surface area contributed by atoms with Gasteiger partial charge in [-0.15, -0.1) is 12.8 Å².